The van der Waals surface area contributed by atoms with E-state index >= 15 is 0 Å². The molecule has 0 heterocycles. The highest BCUT2D eigenvalue weighted by Crippen LogP contribution is 2.21. The molecule has 0 saturated carbocycles. The van der Waals surface area contributed by atoms with E-state index in [0.717, 1.165) is 30.3 Å². The van der Waals surface area contributed by atoms with Crippen LogP contribution in [0.5, 0.6) is 0 Å². The maximum Gasteiger partial charge on any atom is 0.0373 e. The predicted octanol–water partition coefficient (Wildman–Crippen LogP) is 5.06. The minimum absolute atomic E-state index is 1.02. The number of benzene rings is 2. The minimum atomic E-state index is 1.02. The van der Waals surface area contributed by atoms with Crippen molar-refractivity contribution in [2.45, 2.75) is 26.2 Å². The van der Waals surface area contributed by atoms with Crippen molar-refractivity contribution < 1.29 is 0 Å². The van der Waals surface area contributed by atoms with Crippen LogP contribution in [0.2, 0.25) is 0 Å². The molecule has 0 unspecified atom stereocenters. The predicted molar refractivity (Wildman–Crippen MR) is 86.8 cm³/mol. The van der Waals surface area contributed by atoms with Gasteiger partial charge in [-0.3, -0.25) is 0 Å². The fraction of sp³-hybridized carbons (Fsp3) is 0.294. The van der Waals surface area contributed by atoms with Gasteiger partial charge in [-0.15, -0.1) is 0 Å². The Kier molecular flexibility index (Phi) is 5.46. The van der Waals surface area contributed by atoms with Crippen LogP contribution in [0, 0.1) is 0 Å². The van der Waals surface area contributed by atoms with Crippen LogP contribution in [0.15, 0.2) is 53.0 Å². The molecule has 19 heavy (non-hydrogen) atoms. The molecule has 0 amide bonds. The van der Waals surface area contributed by atoms with Crippen LogP contribution in [0.1, 0.15) is 24.5 Å². The van der Waals surface area contributed by atoms with Gasteiger partial charge in [-0.25, -0.2) is 0 Å². The van der Waals surface area contributed by atoms with E-state index in [2.05, 4.69) is 76.7 Å². The molecule has 100 valence electrons. The topological polar surface area (TPSA) is 12.0 Å². The first-order chi connectivity index (χ1) is 9.29. The molecular formula is C17H20BrN. The largest absolute Gasteiger partial charge is 0.385 e. The molecule has 0 aliphatic rings. The summed E-state index contributed by atoms with van der Waals surface area (Å²) in [6.45, 7) is 3.21. The molecule has 2 aromatic carbocycles. The number of nitrogens with one attached hydrogen (secondary N) is 1. The number of hydrogen-bond donors (Lipinski definition) is 1. The second-order valence-electron chi connectivity index (χ2n) is 4.67. The Hall–Kier alpha value is -1.28. The monoisotopic (exact) mass is 317 g/mol. The molecule has 0 fully saturated rings. The van der Waals surface area contributed by atoms with Gasteiger partial charge < -0.3 is 5.32 Å². The third-order valence-electron chi connectivity index (χ3n) is 3.25. The quantitative estimate of drug-likeness (QED) is 0.734. The van der Waals surface area contributed by atoms with Crippen LogP contribution in [0.4, 0.5) is 5.69 Å². The van der Waals surface area contributed by atoms with E-state index in [0.29, 0.717) is 0 Å². The van der Waals surface area contributed by atoms with Gasteiger partial charge in [0.1, 0.15) is 0 Å². The number of anilines is 1. The van der Waals surface area contributed by atoms with Gasteiger partial charge in [0.15, 0.2) is 0 Å². The SMILES string of the molecule is CCc1cc(Br)ccc1NCCCc1ccccc1. The molecule has 2 aromatic rings. The molecule has 0 aliphatic heterocycles. The summed E-state index contributed by atoms with van der Waals surface area (Å²) < 4.78 is 1.15. The van der Waals surface area contributed by atoms with Crippen molar-refractivity contribution in [3.05, 3.63) is 64.1 Å². The summed E-state index contributed by atoms with van der Waals surface area (Å²) in [5.41, 5.74) is 4.05. The second-order valence-corrected chi connectivity index (χ2v) is 5.59. The lowest BCUT2D eigenvalue weighted by molar-refractivity contribution is 0.861. The first-order valence-corrected chi connectivity index (χ1v) is 7.65. The third kappa shape index (κ3) is 4.39. The van der Waals surface area contributed by atoms with Crippen molar-refractivity contribution in [3.8, 4) is 0 Å². The lowest BCUT2D eigenvalue weighted by Gasteiger charge is -2.11. The molecule has 0 saturated heterocycles. The Morgan fingerprint density at radius 3 is 2.58 bits per heavy atom. The van der Waals surface area contributed by atoms with Gasteiger partial charge in [0, 0.05) is 16.7 Å². The van der Waals surface area contributed by atoms with E-state index in [-0.39, 0.29) is 0 Å². The molecule has 0 aromatic heterocycles. The molecule has 0 radical (unpaired) electrons. The van der Waals surface area contributed by atoms with Crippen molar-refractivity contribution in [1.29, 1.82) is 0 Å². The Balaban J connectivity index is 1.83. The van der Waals surface area contributed by atoms with Crippen molar-refractivity contribution in [3.63, 3.8) is 0 Å². The van der Waals surface area contributed by atoms with Crippen LogP contribution in [-0.4, -0.2) is 6.54 Å². The average Bonchev–Trinajstić information content (AvgIpc) is 2.46. The average molecular weight is 318 g/mol. The van der Waals surface area contributed by atoms with Crippen LogP contribution < -0.4 is 5.32 Å². The highest BCUT2D eigenvalue weighted by Gasteiger charge is 2.01. The summed E-state index contributed by atoms with van der Waals surface area (Å²) in [6, 6.07) is 17.1. The van der Waals surface area contributed by atoms with E-state index in [1.165, 1.54) is 16.8 Å². The second kappa shape index (κ2) is 7.34. The van der Waals surface area contributed by atoms with E-state index in [1.54, 1.807) is 0 Å². The molecular weight excluding hydrogens is 298 g/mol. The van der Waals surface area contributed by atoms with Crippen LogP contribution >= 0.6 is 15.9 Å². The lowest BCUT2D eigenvalue weighted by atomic mass is 10.1. The maximum atomic E-state index is 3.54. The Bertz CT molecular complexity index is 508. The van der Waals surface area contributed by atoms with Gasteiger partial charge in [-0.05, 0) is 48.6 Å². The van der Waals surface area contributed by atoms with Crippen molar-refractivity contribution in [2.75, 3.05) is 11.9 Å². The summed E-state index contributed by atoms with van der Waals surface area (Å²) in [5.74, 6) is 0. The molecule has 0 spiro atoms. The zero-order valence-corrected chi connectivity index (χ0v) is 12.9. The van der Waals surface area contributed by atoms with Gasteiger partial charge >= 0.3 is 0 Å². The van der Waals surface area contributed by atoms with Gasteiger partial charge in [0.25, 0.3) is 0 Å². The number of hydrogen-bond acceptors (Lipinski definition) is 1. The van der Waals surface area contributed by atoms with Crippen LogP contribution in [0.25, 0.3) is 0 Å². The highest BCUT2D eigenvalue weighted by atomic mass is 79.9. The van der Waals surface area contributed by atoms with Crippen molar-refractivity contribution >= 4 is 21.6 Å². The standard InChI is InChI=1S/C17H20BrN/c1-2-15-13-16(18)10-11-17(15)19-12-6-9-14-7-4-3-5-8-14/h3-5,7-8,10-11,13,19H,2,6,9,12H2,1H3. The van der Waals surface area contributed by atoms with E-state index < -0.39 is 0 Å². The fourth-order valence-corrected chi connectivity index (χ4v) is 2.60. The number of aryl methyl sites for hydroxylation is 2. The molecule has 1 nitrogen and oxygen atoms in total. The zero-order chi connectivity index (χ0) is 13.5. The maximum absolute atomic E-state index is 3.54. The summed E-state index contributed by atoms with van der Waals surface area (Å²) in [4.78, 5) is 0. The first kappa shape index (κ1) is 14.1. The van der Waals surface area contributed by atoms with Crippen LogP contribution in [-0.2, 0) is 12.8 Å². The van der Waals surface area contributed by atoms with Crippen LogP contribution in [0.3, 0.4) is 0 Å². The molecule has 2 rings (SSSR count). The fourth-order valence-electron chi connectivity index (χ4n) is 2.19. The smallest absolute Gasteiger partial charge is 0.0373 e. The summed E-state index contributed by atoms with van der Waals surface area (Å²) in [7, 11) is 0. The summed E-state index contributed by atoms with van der Waals surface area (Å²) in [6.07, 6.45) is 3.34. The lowest BCUT2D eigenvalue weighted by Crippen LogP contribution is -2.05. The zero-order valence-electron chi connectivity index (χ0n) is 11.3. The van der Waals surface area contributed by atoms with Crippen molar-refractivity contribution in [1.82, 2.24) is 0 Å². The van der Waals surface area contributed by atoms with E-state index in [4.69, 9.17) is 0 Å². The van der Waals surface area contributed by atoms with E-state index in [9.17, 15) is 0 Å². The first-order valence-electron chi connectivity index (χ1n) is 6.86. The minimum Gasteiger partial charge on any atom is -0.385 e. The molecule has 0 bridgehead atoms. The molecule has 2 heteroatoms. The Morgan fingerprint density at radius 2 is 1.84 bits per heavy atom. The van der Waals surface area contributed by atoms with E-state index in [1.807, 2.05) is 0 Å². The third-order valence-corrected chi connectivity index (χ3v) is 3.74. The van der Waals surface area contributed by atoms with Crippen molar-refractivity contribution in [2.24, 2.45) is 0 Å². The van der Waals surface area contributed by atoms with Gasteiger partial charge in [0.05, 0.1) is 0 Å². The highest BCUT2D eigenvalue weighted by molar-refractivity contribution is 9.10. The number of halogens is 1. The van der Waals surface area contributed by atoms with Gasteiger partial charge in [0.2, 0.25) is 0 Å². The summed E-state index contributed by atoms with van der Waals surface area (Å²) >= 11 is 3.52. The molecule has 0 atom stereocenters. The molecule has 0 aliphatic carbocycles. The van der Waals surface area contributed by atoms with Gasteiger partial charge in [-0.1, -0.05) is 53.2 Å². The Labute approximate surface area is 124 Å². The number of rotatable bonds is 6. The summed E-state index contributed by atoms with van der Waals surface area (Å²) in [5, 5.41) is 3.54. The normalized spacial score (nSPS) is 10.4. The molecule has 1 N–H and O–H groups in total. The Morgan fingerprint density at radius 1 is 1.05 bits per heavy atom. The van der Waals surface area contributed by atoms with Gasteiger partial charge in [-0.2, -0.15) is 0 Å².